The van der Waals surface area contributed by atoms with Gasteiger partial charge in [-0.15, -0.1) is 11.6 Å². The number of halogens is 2. The number of nitrogens with zero attached hydrogens (tertiary/aromatic N) is 2. The van der Waals surface area contributed by atoms with Crippen molar-refractivity contribution >= 4 is 55.1 Å². The molecule has 4 nitrogen and oxygen atoms in total. The van der Waals surface area contributed by atoms with Gasteiger partial charge in [-0.05, 0) is 40.8 Å². The summed E-state index contributed by atoms with van der Waals surface area (Å²) in [4.78, 5) is 4.45. The third-order valence-corrected chi connectivity index (χ3v) is 5.57. The maximum atomic E-state index is 11.6. The molecule has 0 saturated heterocycles. The average molecular weight is 413 g/mol. The molecule has 2 aromatic rings. The number of aryl methyl sites for hydroxylation is 1. The quantitative estimate of drug-likeness (QED) is 0.560. The number of imidazole rings is 1. The lowest BCUT2D eigenvalue weighted by molar-refractivity contribution is 0.590. The van der Waals surface area contributed by atoms with E-state index < -0.39 is 9.84 Å². The van der Waals surface area contributed by atoms with Crippen LogP contribution in [0.4, 0.5) is 0 Å². The number of benzene rings is 1. The molecule has 0 aliphatic heterocycles. The van der Waals surface area contributed by atoms with Gasteiger partial charge in [0.2, 0.25) is 0 Å². The molecule has 0 saturated carbocycles. The maximum Gasteiger partial charge on any atom is 0.151 e. The highest BCUT2D eigenvalue weighted by atomic mass is 127. The SMILES string of the molecule is CCS(=O)(=O)CCn1c(CCl)nc2cc(I)ccc21. The molecule has 0 atom stereocenters. The Kier molecular flexibility index (Phi) is 4.73. The third-order valence-electron chi connectivity index (χ3n) is 2.97. The van der Waals surface area contributed by atoms with Crippen LogP contribution >= 0.6 is 34.2 Å². The van der Waals surface area contributed by atoms with Gasteiger partial charge in [0.15, 0.2) is 9.84 Å². The molecule has 19 heavy (non-hydrogen) atoms. The van der Waals surface area contributed by atoms with Crippen molar-refractivity contribution < 1.29 is 8.42 Å². The molecule has 7 heteroatoms. The molecular weight excluding hydrogens is 399 g/mol. The van der Waals surface area contributed by atoms with Crippen molar-refractivity contribution in [3.8, 4) is 0 Å². The number of hydrogen-bond acceptors (Lipinski definition) is 3. The molecule has 1 aromatic carbocycles. The number of rotatable bonds is 5. The summed E-state index contributed by atoms with van der Waals surface area (Å²) in [7, 11) is -2.99. The first-order chi connectivity index (χ1) is 8.96. The van der Waals surface area contributed by atoms with Gasteiger partial charge < -0.3 is 4.57 Å². The monoisotopic (exact) mass is 412 g/mol. The molecule has 0 aliphatic rings. The van der Waals surface area contributed by atoms with E-state index in [1.165, 1.54) is 0 Å². The molecule has 2 rings (SSSR count). The molecular formula is C12H14ClIN2O2S. The van der Waals surface area contributed by atoms with Crippen molar-refractivity contribution in [3.63, 3.8) is 0 Å². The predicted molar refractivity (Wildman–Crippen MR) is 86.3 cm³/mol. The molecule has 0 fully saturated rings. The average Bonchev–Trinajstić information content (AvgIpc) is 2.73. The largest absolute Gasteiger partial charge is 0.326 e. The van der Waals surface area contributed by atoms with Crippen LogP contribution in [0.1, 0.15) is 12.7 Å². The Morgan fingerprint density at radius 3 is 2.79 bits per heavy atom. The molecule has 0 amide bonds. The van der Waals surface area contributed by atoms with Gasteiger partial charge in [-0.25, -0.2) is 13.4 Å². The minimum Gasteiger partial charge on any atom is -0.326 e. The minimum atomic E-state index is -2.99. The molecule has 0 unspecified atom stereocenters. The van der Waals surface area contributed by atoms with Crippen LogP contribution in [0.2, 0.25) is 0 Å². The Morgan fingerprint density at radius 1 is 1.42 bits per heavy atom. The van der Waals surface area contributed by atoms with E-state index in [9.17, 15) is 8.42 Å². The van der Waals surface area contributed by atoms with E-state index in [0.29, 0.717) is 12.4 Å². The lowest BCUT2D eigenvalue weighted by Crippen LogP contribution is -2.15. The first-order valence-corrected chi connectivity index (χ1v) is 9.31. The summed E-state index contributed by atoms with van der Waals surface area (Å²) in [6.07, 6.45) is 0. The fourth-order valence-corrected chi connectivity index (χ4v) is 3.31. The van der Waals surface area contributed by atoms with Gasteiger partial charge in [-0.3, -0.25) is 0 Å². The van der Waals surface area contributed by atoms with Gasteiger partial charge in [0, 0.05) is 15.9 Å². The Labute approximate surface area is 131 Å². The smallest absolute Gasteiger partial charge is 0.151 e. The number of fused-ring (bicyclic) bond motifs is 1. The second-order valence-electron chi connectivity index (χ2n) is 4.18. The second-order valence-corrected chi connectivity index (χ2v) is 8.17. The highest BCUT2D eigenvalue weighted by Crippen LogP contribution is 2.20. The summed E-state index contributed by atoms with van der Waals surface area (Å²) in [5.74, 6) is 1.26. The van der Waals surface area contributed by atoms with Crippen LogP contribution in [-0.4, -0.2) is 29.5 Å². The van der Waals surface area contributed by atoms with Crippen molar-refractivity contribution in [2.45, 2.75) is 19.3 Å². The summed E-state index contributed by atoms with van der Waals surface area (Å²) in [5, 5.41) is 0. The Morgan fingerprint density at radius 2 is 2.16 bits per heavy atom. The lowest BCUT2D eigenvalue weighted by Gasteiger charge is -2.07. The Hall–Kier alpha value is -0.340. The van der Waals surface area contributed by atoms with E-state index in [1.54, 1.807) is 6.92 Å². The molecule has 0 N–H and O–H groups in total. The van der Waals surface area contributed by atoms with Gasteiger partial charge in [0.25, 0.3) is 0 Å². The summed E-state index contributed by atoms with van der Waals surface area (Å²) in [6, 6.07) is 5.91. The van der Waals surface area contributed by atoms with Gasteiger partial charge >= 0.3 is 0 Å². The normalized spacial score (nSPS) is 12.2. The van der Waals surface area contributed by atoms with E-state index in [1.807, 2.05) is 22.8 Å². The van der Waals surface area contributed by atoms with Crippen LogP contribution in [0, 0.1) is 3.57 Å². The highest BCUT2D eigenvalue weighted by Gasteiger charge is 2.13. The van der Waals surface area contributed by atoms with E-state index in [0.717, 1.165) is 14.6 Å². The van der Waals surface area contributed by atoms with E-state index in [-0.39, 0.29) is 17.4 Å². The molecule has 104 valence electrons. The highest BCUT2D eigenvalue weighted by molar-refractivity contribution is 14.1. The molecule has 1 heterocycles. The number of alkyl halides is 1. The van der Waals surface area contributed by atoms with Gasteiger partial charge in [-0.2, -0.15) is 0 Å². The summed E-state index contributed by atoms with van der Waals surface area (Å²) < 4.78 is 26.2. The van der Waals surface area contributed by atoms with Crippen molar-refractivity contribution in [2.75, 3.05) is 11.5 Å². The van der Waals surface area contributed by atoms with E-state index in [2.05, 4.69) is 27.6 Å². The topological polar surface area (TPSA) is 52.0 Å². The summed E-state index contributed by atoms with van der Waals surface area (Å²) >= 11 is 8.12. The van der Waals surface area contributed by atoms with E-state index >= 15 is 0 Å². The Balaban J connectivity index is 2.41. The van der Waals surface area contributed by atoms with Crippen molar-refractivity contribution in [1.82, 2.24) is 9.55 Å². The van der Waals surface area contributed by atoms with Gasteiger partial charge in [0.05, 0.1) is 22.7 Å². The number of aromatic nitrogens is 2. The molecule has 0 bridgehead atoms. The lowest BCUT2D eigenvalue weighted by atomic mass is 10.3. The third kappa shape index (κ3) is 3.41. The number of sulfone groups is 1. The second kappa shape index (κ2) is 5.97. The minimum absolute atomic E-state index is 0.116. The zero-order valence-electron chi connectivity index (χ0n) is 10.4. The van der Waals surface area contributed by atoms with Gasteiger partial charge in [-0.1, -0.05) is 6.92 Å². The first-order valence-electron chi connectivity index (χ1n) is 5.88. The zero-order valence-corrected chi connectivity index (χ0v) is 14.2. The summed E-state index contributed by atoms with van der Waals surface area (Å²) in [5.41, 5.74) is 1.79. The Bertz CT molecular complexity index is 697. The fourth-order valence-electron chi connectivity index (χ4n) is 1.88. The maximum absolute atomic E-state index is 11.6. The van der Waals surface area contributed by atoms with Crippen molar-refractivity contribution in [3.05, 3.63) is 27.6 Å². The van der Waals surface area contributed by atoms with Crippen LogP contribution in [0.5, 0.6) is 0 Å². The van der Waals surface area contributed by atoms with Crippen LogP contribution in [0.3, 0.4) is 0 Å². The van der Waals surface area contributed by atoms with Gasteiger partial charge in [0.1, 0.15) is 5.82 Å². The van der Waals surface area contributed by atoms with Crippen LogP contribution < -0.4 is 0 Å². The first kappa shape index (κ1) is 15.1. The fraction of sp³-hybridized carbons (Fsp3) is 0.417. The van der Waals surface area contributed by atoms with Crippen molar-refractivity contribution in [1.29, 1.82) is 0 Å². The standard InChI is InChI=1S/C12H14ClIN2O2S/c1-2-19(17,18)6-5-16-11-4-3-9(14)7-10(11)15-12(16)8-13/h3-4,7H,2,5-6,8H2,1H3. The molecule has 1 aromatic heterocycles. The van der Waals surface area contributed by atoms with E-state index in [4.69, 9.17) is 11.6 Å². The molecule has 0 aliphatic carbocycles. The van der Waals surface area contributed by atoms with Crippen molar-refractivity contribution in [2.24, 2.45) is 0 Å². The predicted octanol–water partition coefficient (Wildman–Crippen LogP) is 2.81. The zero-order chi connectivity index (χ0) is 14.0. The van der Waals surface area contributed by atoms with Crippen LogP contribution in [-0.2, 0) is 22.3 Å². The van der Waals surface area contributed by atoms with Crippen LogP contribution in [0.15, 0.2) is 18.2 Å². The summed E-state index contributed by atoms with van der Waals surface area (Å²) in [6.45, 7) is 2.06. The number of hydrogen-bond donors (Lipinski definition) is 0. The molecule has 0 spiro atoms. The van der Waals surface area contributed by atoms with Crippen LogP contribution in [0.25, 0.3) is 11.0 Å². The molecule has 0 radical (unpaired) electrons.